The van der Waals surface area contributed by atoms with Gasteiger partial charge in [-0.05, 0) is 18.6 Å². The predicted octanol–water partition coefficient (Wildman–Crippen LogP) is 1.77. The van der Waals surface area contributed by atoms with Crippen molar-refractivity contribution in [3.8, 4) is 0 Å². The van der Waals surface area contributed by atoms with Crippen LogP contribution in [0.1, 0.15) is 18.1 Å². The number of ether oxygens (including phenoxy) is 1. The summed E-state index contributed by atoms with van der Waals surface area (Å²) in [5.74, 6) is 3.20. The van der Waals surface area contributed by atoms with Crippen LogP contribution >= 0.6 is 35.7 Å². The minimum absolute atomic E-state index is 0. The van der Waals surface area contributed by atoms with E-state index in [0.29, 0.717) is 24.9 Å². The van der Waals surface area contributed by atoms with Gasteiger partial charge in [-0.1, -0.05) is 18.2 Å². The number of fused-ring (bicyclic) bond motifs is 1. The minimum Gasteiger partial charge on any atom is -0.377 e. The van der Waals surface area contributed by atoms with Gasteiger partial charge in [-0.15, -0.1) is 35.7 Å². The summed E-state index contributed by atoms with van der Waals surface area (Å²) in [6.45, 7) is 1.96. The molecule has 32 heavy (non-hydrogen) atoms. The average molecular weight is 574 g/mol. The van der Waals surface area contributed by atoms with Crippen LogP contribution in [0.25, 0.3) is 0 Å². The number of halogens is 1. The Kier molecular flexibility index (Phi) is 11.2. The maximum absolute atomic E-state index is 12.0. The van der Waals surface area contributed by atoms with Crippen LogP contribution in [0.2, 0.25) is 0 Å². The second-order valence-corrected chi connectivity index (χ2v) is 8.65. The average Bonchev–Trinajstić information content (AvgIpc) is 3.17. The van der Waals surface area contributed by atoms with Gasteiger partial charge in [0, 0.05) is 50.9 Å². The van der Waals surface area contributed by atoms with E-state index in [-0.39, 0.29) is 42.5 Å². The maximum atomic E-state index is 12.0. The highest BCUT2D eigenvalue weighted by atomic mass is 127. The molecule has 0 radical (unpaired) electrons. The molecule has 2 N–H and O–H groups in total. The zero-order valence-electron chi connectivity index (χ0n) is 18.8. The van der Waals surface area contributed by atoms with Crippen LogP contribution in [-0.4, -0.2) is 77.6 Å². The molecular formula is C21H32IN7O2S. The quantitative estimate of drug-likeness (QED) is 0.155. The molecule has 2 heterocycles. The fraction of sp³-hybridized carbons (Fsp3) is 0.524. The number of likely N-dealkylation sites (N-methyl/N-ethyl adjacent to an activating group) is 1. The maximum Gasteiger partial charge on any atom is 0.243 e. The standard InChI is InChI=1S/C21H31N7O2S.HI/c1-27(2)20(29)13-23-21(22-11-12-31-17-7-5-4-6-8-17)24-16-9-10-19-25-18(15-30-3)26-28(19)14-16;/h4-8,16H,9-15H2,1-3H3,(H2,22,23,24);1H. The van der Waals surface area contributed by atoms with Crippen molar-refractivity contribution in [3.05, 3.63) is 42.0 Å². The lowest BCUT2D eigenvalue weighted by atomic mass is 10.1. The molecule has 1 unspecified atom stereocenters. The molecule has 0 bridgehead atoms. The van der Waals surface area contributed by atoms with Crippen LogP contribution in [0, 0.1) is 0 Å². The molecule has 2 aromatic rings. The van der Waals surface area contributed by atoms with Crippen molar-refractivity contribution in [1.29, 1.82) is 0 Å². The first-order valence-corrected chi connectivity index (χ1v) is 11.4. The van der Waals surface area contributed by atoms with E-state index in [0.717, 1.165) is 31.0 Å². The van der Waals surface area contributed by atoms with Crippen molar-refractivity contribution in [1.82, 2.24) is 30.3 Å². The van der Waals surface area contributed by atoms with Crippen LogP contribution in [0.15, 0.2) is 40.2 Å². The van der Waals surface area contributed by atoms with Crippen molar-refractivity contribution in [3.63, 3.8) is 0 Å². The second-order valence-electron chi connectivity index (χ2n) is 7.48. The Morgan fingerprint density at radius 1 is 1.34 bits per heavy atom. The first kappa shape index (κ1) is 26.4. The fourth-order valence-corrected chi connectivity index (χ4v) is 3.95. The van der Waals surface area contributed by atoms with Gasteiger partial charge >= 0.3 is 0 Å². The summed E-state index contributed by atoms with van der Waals surface area (Å²) in [4.78, 5) is 23.8. The Hall–Kier alpha value is -1.86. The van der Waals surface area contributed by atoms with E-state index in [1.54, 1.807) is 37.9 Å². The summed E-state index contributed by atoms with van der Waals surface area (Å²) in [6, 6.07) is 10.5. The van der Waals surface area contributed by atoms with Crippen molar-refractivity contribution in [2.24, 2.45) is 4.99 Å². The number of carbonyl (C=O) groups is 1. The molecule has 11 heteroatoms. The van der Waals surface area contributed by atoms with Gasteiger partial charge in [0.2, 0.25) is 5.91 Å². The molecule has 1 atom stereocenters. The Bertz CT molecular complexity index is 876. The molecule has 3 rings (SSSR count). The van der Waals surface area contributed by atoms with Gasteiger partial charge < -0.3 is 20.3 Å². The molecule has 176 valence electrons. The van der Waals surface area contributed by atoms with E-state index in [9.17, 15) is 4.79 Å². The zero-order chi connectivity index (χ0) is 22.1. The minimum atomic E-state index is -0.0359. The number of aryl methyl sites for hydroxylation is 1. The third-order valence-corrected chi connectivity index (χ3v) is 5.81. The number of aromatic nitrogens is 3. The number of benzene rings is 1. The second kappa shape index (κ2) is 13.6. The summed E-state index contributed by atoms with van der Waals surface area (Å²) in [5.41, 5.74) is 0. The zero-order valence-corrected chi connectivity index (χ0v) is 21.9. The summed E-state index contributed by atoms with van der Waals surface area (Å²) in [5, 5.41) is 11.4. The van der Waals surface area contributed by atoms with Crippen LogP contribution in [0.3, 0.4) is 0 Å². The van der Waals surface area contributed by atoms with Gasteiger partial charge in [0.25, 0.3) is 0 Å². The van der Waals surface area contributed by atoms with E-state index in [1.807, 2.05) is 22.9 Å². The van der Waals surface area contributed by atoms with Crippen molar-refractivity contribution in [2.75, 3.05) is 40.0 Å². The number of guanidine groups is 1. The van der Waals surface area contributed by atoms with E-state index in [4.69, 9.17) is 4.74 Å². The van der Waals surface area contributed by atoms with Crippen molar-refractivity contribution < 1.29 is 9.53 Å². The van der Waals surface area contributed by atoms with Crippen LogP contribution in [0.4, 0.5) is 0 Å². The molecule has 0 aliphatic carbocycles. The number of rotatable bonds is 9. The normalized spacial score (nSPS) is 15.5. The molecule has 0 saturated heterocycles. The van der Waals surface area contributed by atoms with Crippen molar-refractivity contribution in [2.45, 2.75) is 36.9 Å². The number of methoxy groups -OCH3 is 1. The van der Waals surface area contributed by atoms with E-state index in [2.05, 4.69) is 37.8 Å². The number of carbonyl (C=O) groups excluding carboxylic acids is 1. The van der Waals surface area contributed by atoms with Crippen molar-refractivity contribution >= 4 is 47.6 Å². The molecular weight excluding hydrogens is 541 g/mol. The molecule has 0 saturated carbocycles. The lowest BCUT2D eigenvalue weighted by molar-refractivity contribution is -0.127. The first-order chi connectivity index (χ1) is 15.0. The molecule has 1 amide bonds. The highest BCUT2D eigenvalue weighted by Gasteiger charge is 2.22. The van der Waals surface area contributed by atoms with Gasteiger partial charge in [-0.3, -0.25) is 4.79 Å². The van der Waals surface area contributed by atoms with E-state index in [1.165, 1.54) is 4.90 Å². The van der Waals surface area contributed by atoms with Gasteiger partial charge in [-0.25, -0.2) is 14.7 Å². The van der Waals surface area contributed by atoms with E-state index < -0.39 is 0 Å². The predicted molar refractivity (Wildman–Crippen MR) is 138 cm³/mol. The third kappa shape index (κ3) is 8.24. The number of hydrogen-bond donors (Lipinski definition) is 2. The smallest absolute Gasteiger partial charge is 0.243 e. The topological polar surface area (TPSA) is 96.7 Å². The SMILES string of the molecule is COCc1nc2n(n1)CC(NC(=NCC(=O)N(C)C)NCCSc1ccccc1)CC2.I. The van der Waals surface area contributed by atoms with Gasteiger partial charge in [0.05, 0.1) is 6.54 Å². The number of thioether (sulfide) groups is 1. The fourth-order valence-electron chi connectivity index (χ4n) is 3.16. The highest BCUT2D eigenvalue weighted by Crippen LogP contribution is 2.16. The molecule has 0 spiro atoms. The number of hydrogen-bond acceptors (Lipinski definition) is 6. The lowest BCUT2D eigenvalue weighted by Gasteiger charge is -2.25. The number of nitrogens with one attached hydrogen (secondary N) is 2. The molecule has 1 aliphatic rings. The third-order valence-electron chi connectivity index (χ3n) is 4.79. The van der Waals surface area contributed by atoms with E-state index >= 15 is 0 Å². The van der Waals surface area contributed by atoms with Crippen LogP contribution in [-0.2, 0) is 29.1 Å². The Morgan fingerprint density at radius 2 is 2.12 bits per heavy atom. The Balaban J connectivity index is 0.00000363. The van der Waals surface area contributed by atoms with Crippen LogP contribution in [0.5, 0.6) is 0 Å². The molecule has 1 aromatic heterocycles. The largest absolute Gasteiger partial charge is 0.377 e. The lowest BCUT2D eigenvalue weighted by Crippen LogP contribution is -2.48. The summed E-state index contributed by atoms with van der Waals surface area (Å²) in [6.07, 6.45) is 1.76. The number of amides is 1. The number of nitrogens with zero attached hydrogens (tertiary/aromatic N) is 5. The van der Waals surface area contributed by atoms with Gasteiger partial charge in [0.1, 0.15) is 19.0 Å². The molecule has 1 aliphatic heterocycles. The summed E-state index contributed by atoms with van der Waals surface area (Å²) in [7, 11) is 5.11. The Morgan fingerprint density at radius 3 is 2.84 bits per heavy atom. The number of aliphatic imine (C=N–C) groups is 1. The monoisotopic (exact) mass is 573 g/mol. The Labute approximate surface area is 210 Å². The first-order valence-electron chi connectivity index (χ1n) is 10.4. The summed E-state index contributed by atoms with van der Waals surface area (Å²) < 4.78 is 7.07. The highest BCUT2D eigenvalue weighted by molar-refractivity contribution is 14.0. The van der Waals surface area contributed by atoms with Gasteiger partial charge in [-0.2, -0.15) is 5.10 Å². The van der Waals surface area contributed by atoms with Gasteiger partial charge in [0.15, 0.2) is 11.8 Å². The van der Waals surface area contributed by atoms with Crippen LogP contribution < -0.4 is 10.6 Å². The molecule has 0 fully saturated rings. The molecule has 9 nitrogen and oxygen atoms in total. The molecule has 1 aromatic carbocycles. The summed E-state index contributed by atoms with van der Waals surface area (Å²) >= 11 is 1.78.